The first kappa shape index (κ1) is 9.99. The first-order valence-corrected chi connectivity index (χ1v) is 3.34. The van der Waals surface area contributed by atoms with E-state index in [9.17, 15) is 4.79 Å². The summed E-state index contributed by atoms with van der Waals surface area (Å²) < 4.78 is 4.71. The second-order valence-electron chi connectivity index (χ2n) is 2.72. The van der Waals surface area contributed by atoms with Crippen molar-refractivity contribution in [2.24, 2.45) is 5.73 Å². The summed E-state index contributed by atoms with van der Waals surface area (Å²) in [5.74, 6) is 4.78. The van der Waals surface area contributed by atoms with Crippen molar-refractivity contribution < 1.29 is 9.53 Å². The monoisotopic (exact) mass is 155 g/mol. The van der Waals surface area contributed by atoms with E-state index in [0.29, 0.717) is 0 Å². The number of hydrogen-bond donors (Lipinski definition) is 1. The lowest BCUT2D eigenvalue weighted by atomic mass is 10.1. The molecule has 0 aliphatic carbocycles. The Morgan fingerprint density at radius 3 is 2.55 bits per heavy atom. The smallest absolute Gasteiger partial charge is 0.326 e. The van der Waals surface area contributed by atoms with Gasteiger partial charge in [-0.25, -0.2) is 0 Å². The molecule has 0 aromatic rings. The normalized spacial score (nSPS) is 9.82. The lowest BCUT2D eigenvalue weighted by Gasteiger charge is -2.14. The van der Waals surface area contributed by atoms with Crippen LogP contribution < -0.4 is 5.73 Å². The van der Waals surface area contributed by atoms with E-state index in [-0.39, 0.29) is 6.61 Å². The summed E-state index contributed by atoms with van der Waals surface area (Å²) >= 11 is 0. The minimum absolute atomic E-state index is 0.121. The van der Waals surface area contributed by atoms with E-state index in [0.717, 1.165) is 0 Å². The Hall–Kier alpha value is -1.01. The molecule has 2 N–H and O–H groups in total. The maximum Gasteiger partial charge on any atom is 0.326 e. The minimum atomic E-state index is -0.921. The van der Waals surface area contributed by atoms with Gasteiger partial charge in [0.25, 0.3) is 0 Å². The first-order valence-electron chi connectivity index (χ1n) is 3.34. The predicted molar refractivity (Wildman–Crippen MR) is 42.7 cm³/mol. The highest BCUT2D eigenvalue weighted by Crippen LogP contribution is 1.98. The molecule has 3 nitrogen and oxygen atoms in total. The summed E-state index contributed by atoms with van der Waals surface area (Å²) in [6.45, 7) is 4.99. The Balaban J connectivity index is 3.77. The van der Waals surface area contributed by atoms with Gasteiger partial charge in [-0.05, 0) is 20.8 Å². The fourth-order valence-corrected chi connectivity index (χ4v) is 0.360. The molecule has 0 aromatic carbocycles. The molecule has 0 heterocycles. The lowest BCUT2D eigenvalue weighted by molar-refractivity contribution is -0.147. The van der Waals surface area contributed by atoms with Gasteiger partial charge in [0.05, 0.1) is 0 Å². The van der Waals surface area contributed by atoms with Crippen molar-refractivity contribution in [3.63, 3.8) is 0 Å². The maximum absolute atomic E-state index is 10.9. The topological polar surface area (TPSA) is 52.3 Å². The third-order valence-electron chi connectivity index (χ3n) is 0.978. The molecule has 0 rings (SSSR count). The van der Waals surface area contributed by atoms with Gasteiger partial charge in [0.2, 0.25) is 0 Å². The average Bonchev–Trinajstić information content (AvgIpc) is 1.86. The van der Waals surface area contributed by atoms with Crippen LogP contribution in [-0.2, 0) is 9.53 Å². The third-order valence-corrected chi connectivity index (χ3v) is 0.978. The van der Waals surface area contributed by atoms with Crippen molar-refractivity contribution in [1.82, 2.24) is 0 Å². The molecule has 0 unspecified atom stereocenters. The van der Waals surface area contributed by atoms with Gasteiger partial charge in [0.1, 0.15) is 5.54 Å². The molecule has 3 heteroatoms. The van der Waals surface area contributed by atoms with Gasteiger partial charge in [-0.2, -0.15) is 0 Å². The van der Waals surface area contributed by atoms with E-state index < -0.39 is 11.5 Å². The average molecular weight is 155 g/mol. The van der Waals surface area contributed by atoms with E-state index in [1.807, 2.05) is 0 Å². The number of hydrogen-bond acceptors (Lipinski definition) is 3. The second kappa shape index (κ2) is 3.99. The van der Waals surface area contributed by atoms with Crippen LogP contribution in [0.3, 0.4) is 0 Å². The Bertz CT molecular complexity index is 192. The van der Waals surface area contributed by atoms with Crippen LogP contribution in [-0.4, -0.2) is 18.1 Å². The summed E-state index contributed by atoms with van der Waals surface area (Å²) in [5.41, 5.74) is 4.52. The first-order chi connectivity index (χ1) is 4.98. The number of carbonyl (C=O) groups is 1. The number of ether oxygens (including phenoxy) is 1. The van der Waals surface area contributed by atoms with E-state index in [4.69, 9.17) is 10.5 Å². The quantitative estimate of drug-likeness (QED) is 0.460. The molecule has 0 saturated carbocycles. The molecule has 0 amide bonds. The molecule has 11 heavy (non-hydrogen) atoms. The Morgan fingerprint density at radius 1 is 1.64 bits per heavy atom. The molecule has 62 valence electrons. The van der Waals surface area contributed by atoms with Crippen molar-refractivity contribution in [3.8, 4) is 11.8 Å². The molecule has 0 saturated heterocycles. The highest BCUT2D eigenvalue weighted by molar-refractivity contribution is 5.79. The molecule has 0 spiro atoms. The lowest BCUT2D eigenvalue weighted by Crippen LogP contribution is -2.42. The van der Waals surface area contributed by atoms with Crippen LogP contribution in [0.25, 0.3) is 0 Å². The van der Waals surface area contributed by atoms with Crippen LogP contribution in [0.1, 0.15) is 20.8 Å². The Labute approximate surface area is 66.9 Å². The molecule has 0 fully saturated rings. The van der Waals surface area contributed by atoms with Crippen LogP contribution in [0.2, 0.25) is 0 Å². The van der Waals surface area contributed by atoms with Crippen molar-refractivity contribution in [2.75, 3.05) is 6.61 Å². The van der Waals surface area contributed by atoms with E-state index in [2.05, 4.69) is 11.8 Å². The van der Waals surface area contributed by atoms with E-state index in [1.54, 1.807) is 20.8 Å². The standard InChI is InChI=1S/C8H13NO2/c1-4-5-6-11-7(10)8(2,3)9/h6,9H2,1-3H3. The Morgan fingerprint density at radius 2 is 2.18 bits per heavy atom. The summed E-state index contributed by atoms with van der Waals surface area (Å²) in [4.78, 5) is 10.9. The van der Waals surface area contributed by atoms with Gasteiger partial charge in [-0.15, -0.1) is 5.92 Å². The van der Waals surface area contributed by atoms with Crippen molar-refractivity contribution in [3.05, 3.63) is 0 Å². The molecular formula is C8H13NO2. The van der Waals surface area contributed by atoms with Gasteiger partial charge < -0.3 is 10.5 Å². The molecule has 0 atom stereocenters. The molecular weight excluding hydrogens is 142 g/mol. The fourth-order valence-electron chi connectivity index (χ4n) is 0.360. The highest BCUT2D eigenvalue weighted by atomic mass is 16.5. The van der Waals surface area contributed by atoms with Crippen molar-refractivity contribution in [2.45, 2.75) is 26.3 Å². The Kier molecular flexibility index (Phi) is 3.63. The molecule has 0 radical (unpaired) electrons. The zero-order chi connectivity index (χ0) is 8.91. The van der Waals surface area contributed by atoms with Crippen molar-refractivity contribution in [1.29, 1.82) is 0 Å². The number of esters is 1. The fraction of sp³-hybridized carbons (Fsp3) is 0.625. The van der Waals surface area contributed by atoms with E-state index in [1.165, 1.54) is 0 Å². The number of carbonyl (C=O) groups excluding carboxylic acids is 1. The molecule has 0 aliphatic heterocycles. The van der Waals surface area contributed by atoms with Crippen LogP contribution in [0.4, 0.5) is 0 Å². The molecule has 0 aromatic heterocycles. The van der Waals surface area contributed by atoms with Crippen molar-refractivity contribution >= 4 is 5.97 Å². The number of rotatable bonds is 2. The third kappa shape index (κ3) is 4.40. The zero-order valence-corrected chi connectivity index (χ0v) is 7.10. The molecule has 0 bridgehead atoms. The number of nitrogens with two attached hydrogens (primary N) is 1. The summed E-state index contributed by atoms with van der Waals surface area (Å²) in [6, 6.07) is 0. The summed E-state index contributed by atoms with van der Waals surface area (Å²) in [7, 11) is 0. The summed E-state index contributed by atoms with van der Waals surface area (Å²) in [5, 5.41) is 0. The maximum atomic E-state index is 10.9. The van der Waals surface area contributed by atoms with Gasteiger partial charge in [-0.1, -0.05) is 5.92 Å². The van der Waals surface area contributed by atoms with Crippen LogP contribution in [0.15, 0.2) is 0 Å². The second-order valence-corrected chi connectivity index (χ2v) is 2.72. The van der Waals surface area contributed by atoms with Gasteiger partial charge >= 0.3 is 5.97 Å². The van der Waals surface area contributed by atoms with E-state index >= 15 is 0 Å². The van der Waals surface area contributed by atoms with Crippen LogP contribution in [0, 0.1) is 11.8 Å². The minimum Gasteiger partial charge on any atom is -0.451 e. The highest BCUT2D eigenvalue weighted by Gasteiger charge is 2.22. The largest absolute Gasteiger partial charge is 0.451 e. The predicted octanol–water partition coefficient (Wildman–Crippen LogP) is 0.290. The van der Waals surface area contributed by atoms with Crippen LogP contribution in [0.5, 0.6) is 0 Å². The zero-order valence-electron chi connectivity index (χ0n) is 7.10. The summed E-state index contributed by atoms with van der Waals surface area (Å²) in [6.07, 6.45) is 0. The van der Waals surface area contributed by atoms with Crippen LogP contribution >= 0.6 is 0 Å². The SMILES string of the molecule is CC#CCOC(=O)C(C)(C)N. The van der Waals surface area contributed by atoms with Gasteiger partial charge in [-0.3, -0.25) is 4.79 Å². The van der Waals surface area contributed by atoms with Gasteiger partial charge in [0.15, 0.2) is 6.61 Å². The molecule has 0 aliphatic rings. The van der Waals surface area contributed by atoms with Gasteiger partial charge in [0, 0.05) is 0 Å².